The third-order valence-corrected chi connectivity index (χ3v) is 4.78. The molecule has 0 radical (unpaired) electrons. The van der Waals surface area contributed by atoms with Crippen LogP contribution < -0.4 is 5.32 Å². The predicted octanol–water partition coefficient (Wildman–Crippen LogP) is 3.40. The zero-order chi connectivity index (χ0) is 13.1. The highest BCUT2D eigenvalue weighted by molar-refractivity contribution is 7.99. The summed E-state index contributed by atoms with van der Waals surface area (Å²) in [6.07, 6.45) is 5.37. The molecular formula is C12H14Cl2N2OS. The van der Waals surface area contributed by atoms with E-state index in [2.05, 4.69) is 16.6 Å². The zero-order valence-electron chi connectivity index (χ0n) is 9.95. The van der Waals surface area contributed by atoms with Gasteiger partial charge in [0.05, 0.1) is 5.02 Å². The van der Waals surface area contributed by atoms with E-state index in [0.29, 0.717) is 10.3 Å². The first-order chi connectivity index (χ1) is 8.61. The number of halogens is 2. The molecule has 1 aromatic rings. The number of amides is 1. The normalized spacial score (nSPS) is 23.1. The average Bonchev–Trinajstić information content (AvgIpc) is 2.79. The number of thioether (sulfide) groups is 1. The van der Waals surface area contributed by atoms with Crippen LogP contribution in [0.15, 0.2) is 12.1 Å². The number of pyridine rings is 1. The minimum atomic E-state index is -0.242. The third-order valence-electron chi connectivity index (χ3n) is 3.10. The van der Waals surface area contributed by atoms with Gasteiger partial charge in [0.15, 0.2) is 0 Å². The maximum absolute atomic E-state index is 12.1. The molecular weight excluding hydrogens is 291 g/mol. The molecule has 2 atom stereocenters. The first-order valence-corrected chi connectivity index (χ1v) is 7.82. The lowest BCUT2D eigenvalue weighted by Crippen LogP contribution is -2.39. The largest absolute Gasteiger partial charge is 0.347 e. The number of hydrogen-bond acceptors (Lipinski definition) is 3. The molecule has 18 heavy (non-hydrogen) atoms. The number of nitrogens with one attached hydrogen (secondary N) is 1. The van der Waals surface area contributed by atoms with Crippen molar-refractivity contribution in [3.8, 4) is 0 Å². The van der Waals surface area contributed by atoms with Crippen molar-refractivity contribution in [2.45, 2.75) is 30.6 Å². The van der Waals surface area contributed by atoms with Crippen molar-refractivity contribution >= 4 is 40.9 Å². The van der Waals surface area contributed by atoms with Gasteiger partial charge < -0.3 is 5.32 Å². The lowest BCUT2D eigenvalue weighted by atomic mass is 10.2. The summed E-state index contributed by atoms with van der Waals surface area (Å²) in [6.45, 7) is 0. The lowest BCUT2D eigenvalue weighted by molar-refractivity contribution is 0.0934. The van der Waals surface area contributed by atoms with Crippen molar-refractivity contribution in [3.05, 3.63) is 28.0 Å². The van der Waals surface area contributed by atoms with E-state index in [-0.39, 0.29) is 22.8 Å². The highest BCUT2D eigenvalue weighted by atomic mass is 35.5. The molecule has 1 aliphatic carbocycles. The number of carbonyl (C=O) groups excluding carboxylic acids is 1. The minimum Gasteiger partial charge on any atom is -0.347 e. The van der Waals surface area contributed by atoms with Gasteiger partial charge in [-0.2, -0.15) is 11.8 Å². The highest BCUT2D eigenvalue weighted by Gasteiger charge is 2.28. The molecule has 0 aromatic carbocycles. The van der Waals surface area contributed by atoms with Gasteiger partial charge in [-0.05, 0) is 31.2 Å². The molecule has 1 N–H and O–H groups in total. The molecule has 2 unspecified atom stereocenters. The summed E-state index contributed by atoms with van der Waals surface area (Å²) in [4.78, 5) is 16.1. The SMILES string of the molecule is CSC1CCCC1NC(=O)c1nc(Cl)ccc1Cl. The molecule has 1 heterocycles. The summed E-state index contributed by atoms with van der Waals surface area (Å²) in [5.41, 5.74) is 0.205. The monoisotopic (exact) mass is 304 g/mol. The van der Waals surface area contributed by atoms with E-state index in [1.54, 1.807) is 23.9 Å². The third kappa shape index (κ3) is 3.11. The molecule has 1 amide bonds. The maximum Gasteiger partial charge on any atom is 0.271 e. The summed E-state index contributed by atoms with van der Waals surface area (Å²) in [5, 5.41) is 4.08. The topological polar surface area (TPSA) is 42.0 Å². The Morgan fingerprint density at radius 1 is 1.44 bits per heavy atom. The van der Waals surface area contributed by atoms with Crippen LogP contribution in [0.5, 0.6) is 0 Å². The highest BCUT2D eigenvalue weighted by Crippen LogP contribution is 2.28. The molecule has 1 aliphatic rings. The van der Waals surface area contributed by atoms with Crippen LogP contribution in [0.1, 0.15) is 29.8 Å². The van der Waals surface area contributed by atoms with Gasteiger partial charge in [0.25, 0.3) is 5.91 Å². The van der Waals surface area contributed by atoms with E-state index in [1.165, 1.54) is 0 Å². The summed E-state index contributed by atoms with van der Waals surface area (Å²) in [7, 11) is 0. The summed E-state index contributed by atoms with van der Waals surface area (Å²) in [6, 6.07) is 3.36. The fourth-order valence-electron chi connectivity index (χ4n) is 2.19. The molecule has 1 aromatic heterocycles. The number of rotatable bonds is 3. The number of carbonyl (C=O) groups is 1. The Labute approximate surface area is 121 Å². The van der Waals surface area contributed by atoms with Crippen molar-refractivity contribution in [2.24, 2.45) is 0 Å². The van der Waals surface area contributed by atoms with Gasteiger partial charge in [0, 0.05) is 11.3 Å². The lowest BCUT2D eigenvalue weighted by Gasteiger charge is -2.19. The molecule has 0 spiro atoms. The molecule has 1 fully saturated rings. The Morgan fingerprint density at radius 3 is 2.94 bits per heavy atom. The Balaban J connectivity index is 2.09. The van der Waals surface area contributed by atoms with Gasteiger partial charge in [0.2, 0.25) is 0 Å². The van der Waals surface area contributed by atoms with E-state index in [9.17, 15) is 4.79 Å². The predicted molar refractivity (Wildman–Crippen MR) is 76.7 cm³/mol. The van der Waals surface area contributed by atoms with Crippen molar-refractivity contribution in [1.82, 2.24) is 10.3 Å². The summed E-state index contributed by atoms with van der Waals surface area (Å²) >= 11 is 13.5. The second kappa shape index (κ2) is 6.13. The van der Waals surface area contributed by atoms with Gasteiger partial charge >= 0.3 is 0 Å². The van der Waals surface area contributed by atoms with E-state index in [4.69, 9.17) is 23.2 Å². The van der Waals surface area contributed by atoms with Crippen LogP contribution >= 0.6 is 35.0 Å². The standard InChI is InChI=1S/C12H14Cl2N2OS/c1-18-9-4-2-3-8(9)15-12(17)11-7(13)5-6-10(14)16-11/h5-6,8-9H,2-4H2,1H3,(H,15,17). The maximum atomic E-state index is 12.1. The van der Waals surface area contributed by atoms with Gasteiger partial charge in [-0.1, -0.05) is 29.6 Å². The van der Waals surface area contributed by atoms with Crippen LogP contribution in [0.2, 0.25) is 10.2 Å². The molecule has 98 valence electrons. The van der Waals surface area contributed by atoms with E-state index in [1.807, 2.05) is 0 Å². The molecule has 0 saturated heterocycles. The Kier molecular flexibility index (Phi) is 4.76. The van der Waals surface area contributed by atoms with E-state index < -0.39 is 0 Å². The van der Waals surface area contributed by atoms with Gasteiger partial charge in [-0.15, -0.1) is 0 Å². The second-order valence-electron chi connectivity index (χ2n) is 4.25. The van der Waals surface area contributed by atoms with Gasteiger partial charge in [0.1, 0.15) is 10.8 Å². The van der Waals surface area contributed by atoms with Crippen LogP contribution in [-0.2, 0) is 0 Å². The van der Waals surface area contributed by atoms with Crippen molar-refractivity contribution < 1.29 is 4.79 Å². The van der Waals surface area contributed by atoms with Crippen molar-refractivity contribution in [2.75, 3.05) is 6.26 Å². The second-order valence-corrected chi connectivity index (χ2v) is 6.12. The molecule has 3 nitrogen and oxygen atoms in total. The molecule has 2 rings (SSSR count). The van der Waals surface area contributed by atoms with Crippen LogP contribution in [0.4, 0.5) is 0 Å². The Hall–Kier alpha value is -0.450. The Morgan fingerprint density at radius 2 is 2.22 bits per heavy atom. The number of hydrogen-bond donors (Lipinski definition) is 1. The van der Waals surface area contributed by atoms with E-state index in [0.717, 1.165) is 19.3 Å². The van der Waals surface area contributed by atoms with Crippen LogP contribution in [0.3, 0.4) is 0 Å². The van der Waals surface area contributed by atoms with Crippen LogP contribution in [0, 0.1) is 0 Å². The van der Waals surface area contributed by atoms with Crippen LogP contribution in [0.25, 0.3) is 0 Å². The quantitative estimate of drug-likeness (QED) is 0.870. The number of nitrogens with zero attached hydrogens (tertiary/aromatic N) is 1. The van der Waals surface area contributed by atoms with Crippen LogP contribution in [-0.4, -0.2) is 28.4 Å². The fourth-order valence-corrected chi connectivity index (χ4v) is 3.46. The zero-order valence-corrected chi connectivity index (χ0v) is 12.3. The van der Waals surface area contributed by atoms with E-state index >= 15 is 0 Å². The molecule has 0 aliphatic heterocycles. The number of aromatic nitrogens is 1. The Bertz CT molecular complexity index is 456. The van der Waals surface area contributed by atoms with Crippen molar-refractivity contribution in [1.29, 1.82) is 0 Å². The summed E-state index contributed by atoms with van der Waals surface area (Å²) in [5.74, 6) is -0.242. The first-order valence-electron chi connectivity index (χ1n) is 5.77. The summed E-state index contributed by atoms with van der Waals surface area (Å²) < 4.78 is 0. The van der Waals surface area contributed by atoms with Gasteiger partial charge in [-0.3, -0.25) is 4.79 Å². The molecule has 1 saturated carbocycles. The first kappa shape index (κ1) is 14.0. The van der Waals surface area contributed by atoms with Gasteiger partial charge in [-0.25, -0.2) is 4.98 Å². The minimum absolute atomic E-state index is 0.198. The van der Waals surface area contributed by atoms with Crippen molar-refractivity contribution in [3.63, 3.8) is 0 Å². The fraction of sp³-hybridized carbons (Fsp3) is 0.500. The molecule has 0 bridgehead atoms. The smallest absolute Gasteiger partial charge is 0.271 e. The molecule has 6 heteroatoms. The average molecular weight is 305 g/mol.